The van der Waals surface area contributed by atoms with Crippen LogP contribution in [0.4, 0.5) is 0 Å². The summed E-state index contributed by atoms with van der Waals surface area (Å²) in [5, 5.41) is 52.0. The average Bonchev–Trinajstić information content (AvgIpc) is 3.79. The molecule has 0 spiro atoms. The molecule has 28 nitrogen and oxygen atoms in total. The maximum Gasteiger partial charge on any atom is 0.475 e. The molecule has 0 saturated carbocycles. The Morgan fingerprint density at radius 3 is 1.69 bits per heavy atom. The fourth-order valence-electron chi connectivity index (χ4n) is 9.49. The number of amides is 8. The minimum Gasteiger partial charge on any atom is -0.480 e. The van der Waals surface area contributed by atoms with Gasteiger partial charge in [-0.05, 0) is 74.8 Å². The predicted octanol–water partition coefficient (Wildman–Crippen LogP) is -5.60. The van der Waals surface area contributed by atoms with Crippen LogP contribution in [0.25, 0.3) is 10.8 Å². The lowest BCUT2D eigenvalue weighted by Crippen LogP contribution is -2.53. The van der Waals surface area contributed by atoms with Crippen molar-refractivity contribution in [3.8, 4) is 0 Å². The van der Waals surface area contributed by atoms with Crippen molar-refractivity contribution in [2.75, 3.05) is 98.2 Å². The van der Waals surface area contributed by atoms with E-state index in [9.17, 15) is 63.4 Å². The van der Waals surface area contributed by atoms with E-state index in [-0.39, 0.29) is 122 Å². The number of primary amides is 3. The Balaban J connectivity index is 1.31. The predicted molar refractivity (Wildman–Crippen MR) is 287 cm³/mol. The molecule has 5 atom stereocenters. The second-order valence-corrected chi connectivity index (χ2v) is 19.6. The molecule has 2 aromatic rings. The molecule has 0 unspecified atom stereocenters. The van der Waals surface area contributed by atoms with Crippen molar-refractivity contribution in [1.29, 1.82) is 0 Å². The molecule has 0 aromatic heterocycles. The van der Waals surface area contributed by atoms with E-state index in [0.29, 0.717) is 55.1 Å². The third-order valence-corrected chi connectivity index (χ3v) is 13.5. The molecule has 2 aliphatic rings. The smallest absolute Gasteiger partial charge is 0.475 e. The molecule has 18 N–H and O–H groups in total. The number of hydrogen-bond donors (Lipinski definition) is 13. The number of carboxylic acids is 1. The number of rotatable bonds is 28. The number of nitrogens with one attached hydrogen (secondary N) is 4. The number of aliphatic hydroxyl groups is 1. The third-order valence-electron chi connectivity index (χ3n) is 13.5. The summed E-state index contributed by atoms with van der Waals surface area (Å²) < 4.78 is 0. The van der Waals surface area contributed by atoms with Gasteiger partial charge in [0.2, 0.25) is 35.4 Å². The Kier molecular flexibility index (Phi) is 26.1. The Morgan fingerprint density at radius 2 is 1.19 bits per heavy atom. The van der Waals surface area contributed by atoms with Crippen LogP contribution in [-0.2, 0) is 33.6 Å². The van der Waals surface area contributed by atoms with E-state index in [2.05, 4.69) is 26.3 Å². The lowest BCUT2D eigenvalue weighted by atomic mass is 9.77. The molecule has 2 heterocycles. The molecule has 8 amide bonds. The van der Waals surface area contributed by atoms with Crippen LogP contribution < -0.4 is 49.9 Å². The largest absolute Gasteiger partial charge is 0.480 e. The summed E-state index contributed by atoms with van der Waals surface area (Å²) in [6.07, 6.45) is 0.716. The highest BCUT2D eigenvalue weighted by Gasteiger charge is 2.42. The molecule has 2 saturated heterocycles. The standard InChI is InChI=1S/C49H78BN15O13/c1-31(47(74)65-27-32(66)26-39(65)50(77)78)59-45(72)36-12-11-35(33-8-3-4-9-34(33)36)44(71)56-15-5-2-6-16-57-46(73)37(10-7-17-58-49(54)55)60-43(70)14-13-38(48(75)76)64-24-22-62(29-41(52)68)20-18-61(28-40(51)67)19-21-63(23-25-64)30-42(53)69/h3-4,8-9,11-12,31-32,37-39,66,77-78H,2,5-7,10,13-30H2,1H3,(H2,51,67)(H2,52,68)(H2,53,69)(H,56,71)(H,57,73)(H,59,72)(H,60,70)(H,75,76)(H4,54,55,58)/t31-,32+,37+,38-,39+/m1/s1. The SMILES string of the molecule is C[C@@H](NC(=O)c1ccc(C(=O)NCCCCCNC(=O)[C@H](CCCN=C(N)N)NC(=O)CC[C@H](C(=O)O)N2CCN(CC(N)=O)CCN(CC(N)=O)CCN(CC(N)=O)CC2)c2ccccc12)C(=O)N1C[C@@H](O)C[C@H]1B(O)O. The maximum absolute atomic E-state index is 13.5. The second kappa shape index (κ2) is 32.0. The Bertz CT molecular complexity index is 2400. The lowest BCUT2D eigenvalue weighted by molar-refractivity contribution is -0.144. The number of aliphatic hydroxyl groups excluding tert-OH is 1. The Hall–Kier alpha value is -7.02. The number of nitrogens with zero attached hydrogens (tertiary/aromatic N) is 6. The molecule has 2 aromatic carbocycles. The quantitative estimate of drug-likeness (QED) is 0.0164. The lowest BCUT2D eigenvalue weighted by Gasteiger charge is -2.35. The monoisotopic (exact) mass is 1100 g/mol. The number of guanidine groups is 1. The first-order valence-electron chi connectivity index (χ1n) is 26.1. The number of aliphatic imine (C=N–C) groups is 1. The van der Waals surface area contributed by atoms with Gasteiger partial charge in [-0.15, -0.1) is 0 Å². The van der Waals surface area contributed by atoms with Gasteiger partial charge in [-0.3, -0.25) is 67.7 Å². The zero-order chi connectivity index (χ0) is 57.5. The summed E-state index contributed by atoms with van der Waals surface area (Å²) in [5.41, 5.74) is 28.0. The van der Waals surface area contributed by atoms with Crippen LogP contribution >= 0.6 is 0 Å². The van der Waals surface area contributed by atoms with Crippen molar-refractivity contribution in [1.82, 2.24) is 45.8 Å². The summed E-state index contributed by atoms with van der Waals surface area (Å²) in [5.74, 6) is -6.81. The molecular weight excluding hydrogens is 1020 g/mol. The van der Waals surface area contributed by atoms with Crippen LogP contribution in [0.1, 0.15) is 79.0 Å². The topological polar surface area (TPSA) is 441 Å². The van der Waals surface area contributed by atoms with Gasteiger partial charge in [-0.2, -0.15) is 0 Å². The van der Waals surface area contributed by atoms with Crippen molar-refractivity contribution < 1.29 is 63.4 Å². The number of carbonyl (C=O) groups is 9. The van der Waals surface area contributed by atoms with E-state index in [4.69, 9.17) is 28.7 Å². The number of hydrogen-bond acceptors (Lipinski definition) is 17. The zero-order valence-corrected chi connectivity index (χ0v) is 44.2. The van der Waals surface area contributed by atoms with Gasteiger partial charge >= 0.3 is 13.1 Å². The van der Waals surface area contributed by atoms with E-state index in [1.807, 2.05) is 0 Å². The van der Waals surface area contributed by atoms with Crippen molar-refractivity contribution in [3.05, 3.63) is 47.5 Å². The molecule has 2 fully saturated rings. The van der Waals surface area contributed by atoms with Crippen LogP contribution in [0.2, 0.25) is 0 Å². The maximum atomic E-state index is 13.5. The number of carbonyl (C=O) groups excluding carboxylic acids is 8. The van der Waals surface area contributed by atoms with Crippen LogP contribution in [0.3, 0.4) is 0 Å². The van der Waals surface area contributed by atoms with E-state index in [1.165, 1.54) is 19.1 Å². The zero-order valence-electron chi connectivity index (χ0n) is 44.2. The van der Waals surface area contributed by atoms with E-state index in [0.717, 1.165) is 4.90 Å². The molecule has 430 valence electrons. The van der Waals surface area contributed by atoms with Crippen molar-refractivity contribution in [2.45, 2.75) is 88.5 Å². The number of benzene rings is 2. The highest BCUT2D eigenvalue weighted by molar-refractivity contribution is 6.43. The molecular formula is C49H78BN15O13. The number of aliphatic carboxylic acids is 1. The molecule has 2 aliphatic heterocycles. The third kappa shape index (κ3) is 21.1. The second-order valence-electron chi connectivity index (χ2n) is 19.6. The van der Waals surface area contributed by atoms with Gasteiger partial charge in [0.1, 0.15) is 18.1 Å². The minimum atomic E-state index is -1.87. The Morgan fingerprint density at radius 1 is 0.679 bits per heavy atom. The van der Waals surface area contributed by atoms with Crippen molar-refractivity contribution >= 4 is 77.1 Å². The Labute approximate surface area is 452 Å². The van der Waals surface area contributed by atoms with Gasteiger partial charge < -0.3 is 75.1 Å². The fraction of sp³-hybridized carbons (Fsp3) is 0.592. The highest BCUT2D eigenvalue weighted by atomic mass is 16.4. The average molecular weight is 1100 g/mol. The molecule has 0 bridgehead atoms. The van der Waals surface area contributed by atoms with Crippen LogP contribution in [0.15, 0.2) is 41.4 Å². The number of β-amino-alcohol motifs (C(OH)–C–C–N with tert-alkyl or cyclic N) is 1. The van der Waals surface area contributed by atoms with Gasteiger partial charge in [-0.1, -0.05) is 24.3 Å². The summed E-state index contributed by atoms with van der Waals surface area (Å²) in [6, 6.07) is 6.49. The summed E-state index contributed by atoms with van der Waals surface area (Å²) in [4.78, 5) is 128. The first-order valence-corrected chi connectivity index (χ1v) is 26.1. The summed E-state index contributed by atoms with van der Waals surface area (Å²) in [6.45, 7) is 3.55. The molecule has 0 aliphatic carbocycles. The number of unbranched alkanes of at least 4 members (excludes halogenated alkanes) is 2. The van der Waals surface area contributed by atoms with Gasteiger partial charge in [0, 0.05) is 96.1 Å². The first kappa shape index (κ1) is 63.5. The number of fused-ring (bicyclic) bond motifs is 1. The fourth-order valence-corrected chi connectivity index (χ4v) is 9.49. The van der Waals surface area contributed by atoms with Crippen LogP contribution in [-0.4, -0.2) is 239 Å². The van der Waals surface area contributed by atoms with E-state index < -0.39 is 90.5 Å². The van der Waals surface area contributed by atoms with Gasteiger partial charge in [0.15, 0.2) is 5.96 Å². The molecule has 78 heavy (non-hydrogen) atoms. The summed E-state index contributed by atoms with van der Waals surface area (Å²) in [7, 11) is -1.87. The molecule has 4 rings (SSSR count). The first-order chi connectivity index (χ1) is 37.0. The summed E-state index contributed by atoms with van der Waals surface area (Å²) >= 11 is 0. The molecule has 29 heteroatoms. The number of likely N-dealkylation sites (tertiary alicyclic amines) is 1. The molecule has 0 radical (unpaired) electrons. The normalized spacial score (nSPS) is 18.3. The number of carboxylic acid groups (broad SMARTS) is 1. The number of nitrogens with two attached hydrogens (primary N) is 5. The van der Waals surface area contributed by atoms with Gasteiger partial charge in [0.25, 0.3) is 11.8 Å². The minimum absolute atomic E-state index is 0.0192. The van der Waals surface area contributed by atoms with Crippen molar-refractivity contribution in [3.63, 3.8) is 0 Å². The van der Waals surface area contributed by atoms with Crippen LogP contribution in [0.5, 0.6) is 0 Å². The van der Waals surface area contributed by atoms with E-state index >= 15 is 0 Å². The van der Waals surface area contributed by atoms with Crippen molar-refractivity contribution in [2.24, 2.45) is 33.7 Å². The van der Waals surface area contributed by atoms with Gasteiger partial charge in [0.05, 0.1) is 31.7 Å². The van der Waals surface area contributed by atoms with E-state index in [1.54, 1.807) is 43.9 Å². The van der Waals surface area contributed by atoms with Gasteiger partial charge in [-0.25, -0.2) is 0 Å². The highest BCUT2D eigenvalue weighted by Crippen LogP contribution is 2.24. The van der Waals surface area contributed by atoms with Crippen LogP contribution in [0, 0.1) is 0 Å².